The van der Waals surface area contributed by atoms with Crippen molar-refractivity contribution in [3.8, 4) is 6.07 Å². The highest BCUT2D eigenvalue weighted by Crippen LogP contribution is 2.16. The highest BCUT2D eigenvalue weighted by molar-refractivity contribution is 9.10. The van der Waals surface area contributed by atoms with Crippen LogP contribution >= 0.6 is 15.9 Å². The summed E-state index contributed by atoms with van der Waals surface area (Å²) in [5.41, 5.74) is 3.06. The average molecular weight is 288 g/mol. The van der Waals surface area contributed by atoms with Gasteiger partial charge in [-0.05, 0) is 30.2 Å². The molecule has 0 spiro atoms. The molecule has 0 radical (unpaired) electrons. The number of aryl methyl sites for hydroxylation is 1. The van der Waals surface area contributed by atoms with Crippen molar-refractivity contribution >= 4 is 15.9 Å². The van der Waals surface area contributed by atoms with Crippen LogP contribution in [-0.2, 0) is 6.42 Å². The van der Waals surface area contributed by atoms with E-state index in [-0.39, 0.29) is 5.82 Å². The molecule has 0 bridgehead atoms. The lowest BCUT2D eigenvalue weighted by Crippen LogP contribution is -2.00. The number of hydrogen-bond donors (Lipinski definition) is 0. The van der Waals surface area contributed by atoms with Gasteiger partial charge in [0.1, 0.15) is 6.07 Å². The maximum absolute atomic E-state index is 8.78. The van der Waals surface area contributed by atoms with Gasteiger partial charge in [0.15, 0.2) is 0 Å². The molecule has 1 aromatic carbocycles. The van der Waals surface area contributed by atoms with Crippen LogP contribution in [0.3, 0.4) is 0 Å². The van der Waals surface area contributed by atoms with Gasteiger partial charge in [-0.1, -0.05) is 28.1 Å². The Hall–Kier alpha value is -1.73. The largest absolute Gasteiger partial charge is 0.232 e. The molecule has 0 saturated carbocycles. The Morgan fingerprint density at radius 2 is 2.24 bits per heavy atom. The molecule has 1 aromatic heterocycles. The summed E-state index contributed by atoms with van der Waals surface area (Å²) in [6.07, 6.45) is 2.40. The van der Waals surface area contributed by atoms with Crippen molar-refractivity contribution in [3.05, 3.63) is 57.6 Å². The quantitative estimate of drug-likeness (QED) is 0.853. The van der Waals surface area contributed by atoms with Crippen molar-refractivity contribution in [1.29, 1.82) is 5.26 Å². The Balaban J connectivity index is 2.33. The maximum Gasteiger partial charge on any atom is 0.232 e. The maximum atomic E-state index is 8.78. The molecule has 0 aliphatic carbocycles. The van der Waals surface area contributed by atoms with Gasteiger partial charge in [-0.2, -0.15) is 5.26 Å². The van der Waals surface area contributed by atoms with Crippen molar-refractivity contribution in [2.24, 2.45) is 0 Å². The fourth-order valence-electron chi connectivity index (χ4n) is 1.55. The number of halogens is 1. The molecule has 0 fully saturated rings. The molecule has 17 heavy (non-hydrogen) atoms. The lowest BCUT2D eigenvalue weighted by Gasteiger charge is -2.05. The molecule has 0 atom stereocenters. The zero-order chi connectivity index (χ0) is 12.3. The summed E-state index contributed by atoms with van der Waals surface area (Å²) in [6, 6.07) is 10.0. The van der Waals surface area contributed by atoms with E-state index in [0.29, 0.717) is 6.42 Å². The Labute approximate surface area is 108 Å². The monoisotopic (exact) mass is 287 g/mol. The van der Waals surface area contributed by atoms with E-state index >= 15 is 0 Å². The lowest BCUT2D eigenvalue weighted by molar-refractivity contribution is 0.973. The van der Waals surface area contributed by atoms with Gasteiger partial charge in [0.25, 0.3) is 0 Å². The third kappa shape index (κ3) is 2.89. The van der Waals surface area contributed by atoms with Crippen molar-refractivity contribution in [2.75, 3.05) is 0 Å². The molecule has 0 amide bonds. The van der Waals surface area contributed by atoms with E-state index < -0.39 is 0 Å². The molecule has 3 nitrogen and oxygen atoms in total. The summed E-state index contributed by atoms with van der Waals surface area (Å²) >= 11 is 3.44. The minimum atomic E-state index is 0.223. The molecular formula is C13H10BrN3. The standard InChI is InChI=1S/C13H10BrN3/c1-9-8-16-13(7-15)17-12(9)6-10-3-2-4-11(14)5-10/h2-5,8H,6H2,1H3. The molecular weight excluding hydrogens is 278 g/mol. The fourth-order valence-corrected chi connectivity index (χ4v) is 2.00. The van der Waals surface area contributed by atoms with Crippen LogP contribution in [0.1, 0.15) is 22.6 Å². The van der Waals surface area contributed by atoms with Crippen LogP contribution in [0.2, 0.25) is 0 Å². The molecule has 0 aliphatic rings. The summed E-state index contributed by atoms with van der Waals surface area (Å²) in [7, 11) is 0. The van der Waals surface area contributed by atoms with Crippen LogP contribution in [0.25, 0.3) is 0 Å². The fraction of sp³-hybridized carbons (Fsp3) is 0.154. The molecule has 4 heteroatoms. The third-order valence-electron chi connectivity index (χ3n) is 2.44. The van der Waals surface area contributed by atoms with Gasteiger partial charge in [-0.3, -0.25) is 0 Å². The zero-order valence-corrected chi connectivity index (χ0v) is 10.9. The van der Waals surface area contributed by atoms with Gasteiger partial charge >= 0.3 is 0 Å². The van der Waals surface area contributed by atoms with Gasteiger partial charge in [-0.15, -0.1) is 0 Å². The highest BCUT2D eigenvalue weighted by Gasteiger charge is 2.05. The van der Waals surface area contributed by atoms with Crippen LogP contribution in [0.4, 0.5) is 0 Å². The van der Waals surface area contributed by atoms with Crippen molar-refractivity contribution < 1.29 is 0 Å². The molecule has 0 N–H and O–H groups in total. The summed E-state index contributed by atoms with van der Waals surface area (Å²) < 4.78 is 1.04. The van der Waals surface area contributed by atoms with Crippen molar-refractivity contribution in [2.45, 2.75) is 13.3 Å². The van der Waals surface area contributed by atoms with Gasteiger partial charge in [0, 0.05) is 17.1 Å². The van der Waals surface area contributed by atoms with Crippen LogP contribution in [-0.4, -0.2) is 9.97 Å². The molecule has 0 saturated heterocycles. The van der Waals surface area contributed by atoms with Crippen LogP contribution in [0.15, 0.2) is 34.9 Å². The first-order valence-corrected chi connectivity index (χ1v) is 5.95. The van der Waals surface area contributed by atoms with Gasteiger partial charge in [-0.25, -0.2) is 9.97 Å². The predicted octanol–water partition coefficient (Wildman–Crippen LogP) is 3.01. The Kier molecular flexibility index (Phi) is 3.50. The van der Waals surface area contributed by atoms with Crippen LogP contribution < -0.4 is 0 Å². The second kappa shape index (κ2) is 5.07. The summed E-state index contributed by atoms with van der Waals surface area (Å²) in [6.45, 7) is 1.95. The van der Waals surface area contributed by atoms with E-state index in [1.807, 2.05) is 37.3 Å². The first-order chi connectivity index (χ1) is 8.19. The van der Waals surface area contributed by atoms with Gasteiger partial charge in [0.2, 0.25) is 5.82 Å². The second-order valence-corrected chi connectivity index (χ2v) is 4.66. The third-order valence-corrected chi connectivity index (χ3v) is 2.93. The highest BCUT2D eigenvalue weighted by atomic mass is 79.9. The number of benzene rings is 1. The molecule has 2 rings (SSSR count). The van der Waals surface area contributed by atoms with E-state index in [0.717, 1.165) is 21.3 Å². The van der Waals surface area contributed by atoms with E-state index in [2.05, 4.69) is 25.9 Å². The average Bonchev–Trinajstić information content (AvgIpc) is 2.32. The Morgan fingerprint density at radius 3 is 2.94 bits per heavy atom. The van der Waals surface area contributed by atoms with Crippen molar-refractivity contribution in [3.63, 3.8) is 0 Å². The Bertz CT molecular complexity index is 587. The van der Waals surface area contributed by atoms with E-state index in [1.165, 1.54) is 0 Å². The van der Waals surface area contributed by atoms with E-state index in [9.17, 15) is 0 Å². The number of rotatable bonds is 2. The molecule has 0 unspecified atom stereocenters. The minimum absolute atomic E-state index is 0.223. The van der Waals surface area contributed by atoms with Crippen LogP contribution in [0.5, 0.6) is 0 Å². The normalized spacial score (nSPS) is 9.94. The smallest absolute Gasteiger partial charge is 0.227 e. The number of nitrogens with zero attached hydrogens (tertiary/aromatic N) is 3. The van der Waals surface area contributed by atoms with Crippen LogP contribution in [0, 0.1) is 18.3 Å². The first kappa shape index (κ1) is 11.7. The van der Waals surface area contributed by atoms with Gasteiger partial charge < -0.3 is 0 Å². The van der Waals surface area contributed by atoms with Crippen molar-refractivity contribution in [1.82, 2.24) is 9.97 Å². The van der Waals surface area contributed by atoms with E-state index in [4.69, 9.17) is 5.26 Å². The zero-order valence-electron chi connectivity index (χ0n) is 9.31. The number of nitriles is 1. The minimum Gasteiger partial charge on any atom is -0.227 e. The number of aromatic nitrogens is 2. The lowest BCUT2D eigenvalue weighted by atomic mass is 10.1. The Morgan fingerprint density at radius 1 is 1.41 bits per heavy atom. The molecule has 2 aromatic rings. The molecule has 1 heterocycles. The first-order valence-electron chi connectivity index (χ1n) is 5.16. The second-order valence-electron chi connectivity index (χ2n) is 3.74. The van der Waals surface area contributed by atoms with E-state index in [1.54, 1.807) is 6.20 Å². The predicted molar refractivity (Wildman–Crippen MR) is 68.4 cm³/mol. The summed E-state index contributed by atoms with van der Waals surface area (Å²) in [5, 5.41) is 8.78. The molecule has 84 valence electrons. The summed E-state index contributed by atoms with van der Waals surface area (Å²) in [4.78, 5) is 8.16. The van der Waals surface area contributed by atoms with Gasteiger partial charge in [0.05, 0.1) is 5.69 Å². The molecule has 0 aliphatic heterocycles. The SMILES string of the molecule is Cc1cnc(C#N)nc1Cc1cccc(Br)c1. The number of hydrogen-bond acceptors (Lipinski definition) is 3. The topological polar surface area (TPSA) is 49.6 Å². The summed E-state index contributed by atoms with van der Waals surface area (Å²) in [5.74, 6) is 0.223.